The zero-order valence-electron chi connectivity index (χ0n) is 5.85. The SMILES string of the molecule is COC[C@H](C)[C@H](C)N. The van der Waals surface area contributed by atoms with Gasteiger partial charge in [0.05, 0.1) is 6.61 Å². The number of ether oxygens (including phenoxy) is 1. The van der Waals surface area contributed by atoms with Crippen LogP contribution in [0, 0.1) is 5.92 Å². The average Bonchev–Trinajstić information content (AvgIpc) is 1.67. The summed E-state index contributed by atoms with van der Waals surface area (Å²) < 4.78 is 4.88. The maximum Gasteiger partial charge on any atom is 0.0502 e. The Kier molecular flexibility index (Phi) is 3.83. The molecule has 0 aliphatic heterocycles. The summed E-state index contributed by atoms with van der Waals surface area (Å²) >= 11 is 0. The van der Waals surface area contributed by atoms with Gasteiger partial charge >= 0.3 is 0 Å². The summed E-state index contributed by atoms with van der Waals surface area (Å²) in [5.41, 5.74) is 5.54. The topological polar surface area (TPSA) is 35.2 Å². The van der Waals surface area contributed by atoms with Crippen molar-refractivity contribution in [3.8, 4) is 0 Å². The second-order valence-electron chi connectivity index (χ2n) is 2.29. The molecule has 0 aromatic carbocycles. The highest BCUT2D eigenvalue weighted by atomic mass is 16.5. The maximum atomic E-state index is 5.54. The summed E-state index contributed by atoms with van der Waals surface area (Å²) in [6, 6.07) is 0.245. The molecule has 0 fully saturated rings. The monoisotopic (exact) mass is 117 g/mol. The van der Waals surface area contributed by atoms with Crippen LogP contribution < -0.4 is 5.73 Å². The van der Waals surface area contributed by atoms with E-state index in [1.807, 2.05) is 6.92 Å². The fourth-order valence-electron chi connectivity index (χ4n) is 0.415. The molecular weight excluding hydrogens is 102 g/mol. The normalized spacial score (nSPS) is 18.0. The Bertz CT molecular complexity index is 54.5. The first-order valence-electron chi connectivity index (χ1n) is 2.93. The van der Waals surface area contributed by atoms with E-state index < -0.39 is 0 Å². The highest BCUT2D eigenvalue weighted by Crippen LogP contribution is 1.97. The van der Waals surface area contributed by atoms with Crippen LogP contribution in [0.25, 0.3) is 0 Å². The summed E-state index contributed by atoms with van der Waals surface area (Å²) in [6.45, 7) is 4.83. The molecule has 0 aliphatic rings. The van der Waals surface area contributed by atoms with Gasteiger partial charge in [-0.2, -0.15) is 0 Å². The van der Waals surface area contributed by atoms with Crippen LogP contribution in [-0.4, -0.2) is 19.8 Å². The van der Waals surface area contributed by atoms with Crippen LogP contribution in [0.3, 0.4) is 0 Å². The quantitative estimate of drug-likeness (QED) is 0.588. The lowest BCUT2D eigenvalue weighted by molar-refractivity contribution is 0.150. The molecule has 8 heavy (non-hydrogen) atoms. The molecule has 0 aromatic heterocycles. The lowest BCUT2D eigenvalue weighted by Crippen LogP contribution is -2.27. The van der Waals surface area contributed by atoms with E-state index in [0.717, 1.165) is 6.61 Å². The minimum atomic E-state index is 0.245. The van der Waals surface area contributed by atoms with E-state index >= 15 is 0 Å². The van der Waals surface area contributed by atoms with Gasteiger partial charge in [0.2, 0.25) is 0 Å². The lowest BCUT2D eigenvalue weighted by atomic mass is 10.1. The first-order valence-corrected chi connectivity index (χ1v) is 2.93. The van der Waals surface area contributed by atoms with Crippen LogP contribution in [0.4, 0.5) is 0 Å². The van der Waals surface area contributed by atoms with Crippen molar-refractivity contribution in [1.82, 2.24) is 0 Å². The molecule has 0 heterocycles. The van der Waals surface area contributed by atoms with Gasteiger partial charge in [-0.05, 0) is 12.8 Å². The van der Waals surface area contributed by atoms with Crippen molar-refractivity contribution >= 4 is 0 Å². The van der Waals surface area contributed by atoms with Crippen molar-refractivity contribution in [1.29, 1.82) is 0 Å². The van der Waals surface area contributed by atoms with E-state index in [9.17, 15) is 0 Å². The Balaban J connectivity index is 3.17. The molecule has 0 unspecified atom stereocenters. The predicted octanol–water partition coefficient (Wildman–Crippen LogP) is 0.616. The summed E-state index contributed by atoms with van der Waals surface area (Å²) in [5.74, 6) is 0.472. The van der Waals surface area contributed by atoms with Gasteiger partial charge in [0, 0.05) is 13.2 Å². The first-order chi connectivity index (χ1) is 3.68. The van der Waals surface area contributed by atoms with Crippen LogP contribution in [0.5, 0.6) is 0 Å². The molecule has 0 rings (SSSR count). The molecule has 0 aliphatic carbocycles. The highest BCUT2D eigenvalue weighted by molar-refractivity contribution is 4.61. The number of hydrogen-bond donors (Lipinski definition) is 1. The molecule has 0 aromatic rings. The Morgan fingerprint density at radius 3 is 2.12 bits per heavy atom. The van der Waals surface area contributed by atoms with Gasteiger partial charge in [-0.1, -0.05) is 6.92 Å². The van der Waals surface area contributed by atoms with Gasteiger partial charge in [0.25, 0.3) is 0 Å². The van der Waals surface area contributed by atoms with Gasteiger partial charge < -0.3 is 10.5 Å². The molecule has 0 bridgehead atoms. The highest BCUT2D eigenvalue weighted by Gasteiger charge is 2.04. The van der Waals surface area contributed by atoms with Crippen molar-refractivity contribution < 1.29 is 4.74 Å². The third-order valence-electron chi connectivity index (χ3n) is 1.33. The Morgan fingerprint density at radius 2 is 2.00 bits per heavy atom. The fraction of sp³-hybridized carbons (Fsp3) is 1.00. The van der Waals surface area contributed by atoms with E-state index in [1.54, 1.807) is 7.11 Å². The van der Waals surface area contributed by atoms with E-state index in [0.29, 0.717) is 5.92 Å². The predicted molar refractivity (Wildman–Crippen MR) is 34.7 cm³/mol. The summed E-state index contributed by atoms with van der Waals surface area (Å²) in [4.78, 5) is 0. The van der Waals surface area contributed by atoms with E-state index in [1.165, 1.54) is 0 Å². The second kappa shape index (κ2) is 3.87. The standard InChI is InChI=1S/C6H15NO/c1-5(4-8-3)6(2)7/h5-6H,4,7H2,1-3H3/t5-,6-/m0/s1. The summed E-state index contributed by atoms with van der Waals surface area (Å²) in [7, 11) is 1.69. The number of rotatable bonds is 3. The van der Waals surface area contributed by atoms with E-state index in [-0.39, 0.29) is 6.04 Å². The average molecular weight is 117 g/mol. The molecular formula is C6H15NO. The molecule has 0 saturated carbocycles. The van der Waals surface area contributed by atoms with Gasteiger partial charge in [0.1, 0.15) is 0 Å². The summed E-state index contributed by atoms with van der Waals surface area (Å²) in [5, 5.41) is 0. The number of hydrogen-bond acceptors (Lipinski definition) is 2. The third kappa shape index (κ3) is 2.99. The fourth-order valence-corrected chi connectivity index (χ4v) is 0.415. The van der Waals surface area contributed by atoms with Crippen LogP contribution in [-0.2, 0) is 4.74 Å². The molecule has 0 amide bonds. The number of methoxy groups -OCH3 is 1. The van der Waals surface area contributed by atoms with Crippen LogP contribution in [0.15, 0.2) is 0 Å². The Hall–Kier alpha value is -0.0800. The van der Waals surface area contributed by atoms with Crippen LogP contribution in [0.1, 0.15) is 13.8 Å². The first kappa shape index (κ1) is 7.92. The molecule has 2 nitrogen and oxygen atoms in total. The summed E-state index contributed by atoms with van der Waals surface area (Å²) in [6.07, 6.45) is 0. The maximum absolute atomic E-state index is 5.54. The molecule has 2 N–H and O–H groups in total. The molecule has 0 spiro atoms. The zero-order chi connectivity index (χ0) is 6.57. The second-order valence-corrected chi connectivity index (χ2v) is 2.29. The van der Waals surface area contributed by atoms with Crippen molar-refractivity contribution in [3.05, 3.63) is 0 Å². The molecule has 0 radical (unpaired) electrons. The Morgan fingerprint density at radius 1 is 1.50 bits per heavy atom. The molecule has 50 valence electrons. The van der Waals surface area contributed by atoms with Crippen molar-refractivity contribution in [2.75, 3.05) is 13.7 Å². The smallest absolute Gasteiger partial charge is 0.0502 e. The van der Waals surface area contributed by atoms with Crippen molar-refractivity contribution in [2.45, 2.75) is 19.9 Å². The van der Waals surface area contributed by atoms with Crippen molar-refractivity contribution in [3.63, 3.8) is 0 Å². The van der Waals surface area contributed by atoms with E-state index in [4.69, 9.17) is 10.5 Å². The molecule has 2 heteroatoms. The number of nitrogens with two attached hydrogens (primary N) is 1. The van der Waals surface area contributed by atoms with Gasteiger partial charge in [-0.3, -0.25) is 0 Å². The van der Waals surface area contributed by atoms with Gasteiger partial charge in [-0.25, -0.2) is 0 Å². The third-order valence-corrected chi connectivity index (χ3v) is 1.33. The Labute approximate surface area is 51.0 Å². The van der Waals surface area contributed by atoms with Crippen molar-refractivity contribution in [2.24, 2.45) is 11.7 Å². The zero-order valence-corrected chi connectivity index (χ0v) is 5.85. The van der Waals surface area contributed by atoms with Crippen LogP contribution >= 0.6 is 0 Å². The van der Waals surface area contributed by atoms with Gasteiger partial charge in [0.15, 0.2) is 0 Å². The van der Waals surface area contributed by atoms with E-state index in [2.05, 4.69) is 6.92 Å². The lowest BCUT2D eigenvalue weighted by Gasteiger charge is -2.12. The largest absolute Gasteiger partial charge is 0.384 e. The minimum Gasteiger partial charge on any atom is -0.384 e. The molecule has 0 saturated heterocycles. The minimum absolute atomic E-state index is 0.245. The van der Waals surface area contributed by atoms with Crippen LogP contribution in [0.2, 0.25) is 0 Å². The van der Waals surface area contributed by atoms with Gasteiger partial charge in [-0.15, -0.1) is 0 Å². The molecule has 2 atom stereocenters.